The number of sulfonamides is 1. The zero-order valence-electron chi connectivity index (χ0n) is 15.0. The molecule has 1 N–H and O–H groups in total. The van der Waals surface area contributed by atoms with Crippen LogP contribution in [0.25, 0.3) is 0 Å². The minimum atomic E-state index is -3.72. The van der Waals surface area contributed by atoms with Gasteiger partial charge in [0.1, 0.15) is 4.90 Å². The summed E-state index contributed by atoms with van der Waals surface area (Å²) in [6, 6.07) is 11.1. The molecule has 1 fully saturated rings. The Kier molecular flexibility index (Phi) is 4.97. The number of hydrogen-bond acceptors (Lipinski definition) is 4. The first-order chi connectivity index (χ1) is 13.1. The number of carbonyl (C=O) groups is 1. The van der Waals surface area contributed by atoms with Crippen molar-refractivity contribution in [3.8, 4) is 0 Å². The lowest BCUT2D eigenvalue weighted by Gasteiger charge is -2.28. The summed E-state index contributed by atoms with van der Waals surface area (Å²) in [6.07, 6.45) is 7.36. The van der Waals surface area contributed by atoms with Crippen molar-refractivity contribution in [1.82, 2.24) is 14.6 Å². The number of rotatable bonds is 6. The minimum Gasteiger partial charge on any atom is -0.348 e. The molecule has 1 atom stereocenters. The molecule has 142 valence electrons. The van der Waals surface area contributed by atoms with Crippen LogP contribution >= 0.6 is 0 Å². The molecule has 1 amide bonds. The van der Waals surface area contributed by atoms with Crippen LogP contribution in [0.5, 0.6) is 0 Å². The SMILES string of the molecule is O=C(CN(C1CC1)S(=O)(=O)c1cccnc1)N[C@@H]1CCCc2ccccc21. The van der Waals surface area contributed by atoms with Crippen LogP contribution in [-0.2, 0) is 21.2 Å². The van der Waals surface area contributed by atoms with Crippen LogP contribution in [0.4, 0.5) is 0 Å². The van der Waals surface area contributed by atoms with E-state index in [0.717, 1.165) is 37.7 Å². The quantitative estimate of drug-likeness (QED) is 0.828. The molecule has 0 aliphatic heterocycles. The predicted octanol–water partition coefficient (Wildman–Crippen LogP) is 2.43. The predicted molar refractivity (Wildman–Crippen MR) is 101 cm³/mol. The van der Waals surface area contributed by atoms with Crippen molar-refractivity contribution < 1.29 is 13.2 Å². The molecule has 6 nitrogen and oxygen atoms in total. The summed E-state index contributed by atoms with van der Waals surface area (Å²) in [5.74, 6) is -0.254. The number of carbonyl (C=O) groups excluding carboxylic acids is 1. The summed E-state index contributed by atoms with van der Waals surface area (Å²) in [4.78, 5) is 16.7. The molecule has 0 spiro atoms. The summed E-state index contributed by atoms with van der Waals surface area (Å²) in [5, 5.41) is 3.05. The summed E-state index contributed by atoms with van der Waals surface area (Å²) in [5.41, 5.74) is 2.40. The summed E-state index contributed by atoms with van der Waals surface area (Å²) in [6.45, 7) is -0.152. The van der Waals surface area contributed by atoms with Gasteiger partial charge < -0.3 is 5.32 Å². The highest BCUT2D eigenvalue weighted by Gasteiger charge is 2.39. The van der Waals surface area contributed by atoms with Crippen LogP contribution < -0.4 is 5.32 Å². The standard InChI is InChI=1S/C20H23N3O3S/c24-20(22-19-9-3-6-15-5-1-2-8-18(15)19)14-23(16-10-11-16)27(25,26)17-7-4-12-21-13-17/h1-2,4-5,7-8,12-13,16,19H,3,6,9-11,14H2,(H,22,24)/t19-/m1/s1. The molecular formula is C20H23N3O3S. The molecule has 0 unspecified atom stereocenters. The molecule has 2 aliphatic rings. The van der Waals surface area contributed by atoms with Crippen LogP contribution in [0.2, 0.25) is 0 Å². The molecule has 0 saturated heterocycles. The number of nitrogens with zero attached hydrogens (tertiary/aromatic N) is 2. The Morgan fingerprint density at radius 1 is 1.15 bits per heavy atom. The van der Waals surface area contributed by atoms with Crippen molar-refractivity contribution in [2.75, 3.05) is 6.54 Å². The van der Waals surface area contributed by atoms with Crippen LogP contribution in [0, 0.1) is 0 Å². The number of pyridine rings is 1. The second kappa shape index (κ2) is 7.40. The smallest absolute Gasteiger partial charge is 0.245 e. The first-order valence-electron chi connectivity index (χ1n) is 9.35. The lowest BCUT2D eigenvalue weighted by atomic mass is 9.88. The number of hydrogen-bond donors (Lipinski definition) is 1. The van der Waals surface area contributed by atoms with Gasteiger partial charge in [0.2, 0.25) is 15.9 Å². The maximum absolute atomic E-state index is 12.9. The Morgan fingerprint density at radius 3 is 2.70 bits per heavy atom. The first-order valence-corrected chi connectivity index (χ1v) is 10.8. The van der Waals surface area contributed by atoms with Crippen LogP contribution in [0.3, 0.4) is 0 Å². The molecule has 1 aromatic heterocycles. The van der Waals surface area contributed by atoms with Crippen molar-refractivity contribution in [3.05, 3.63) is 59.9 Å². The number of amides is 1. The Morgan fingerprint density at radius 2 is 1.96 bits per heavy atom. The van der Waals surface area contributed by atoms with E-state index in [4.69, 9.17) is 0 Å². The lowest BCUT2D eigenvalue weighted by molar-refractivity contribution is -0.122. The number of aromatic nitrogens is 1. The third kappa shape index (κ3) is 3.89. The molecule has 1 aromatic carbocycles. The monoisotopic (exact) mass is 385 g/mol. The van der Waals surface area contributed by atoms with Crippen LogP contribution in [0.15, 0.2) is 53.7 Å². The summed E-state index contributed by atoms with van der Waals surface area (Å²) >= 11 is 0. The van der Waals surface area contributed by atoms with Gasteiger partial charge in [-0.05, 0) is 55.4 Å². The molecule has 1 heterocycles. The van der Waals surface area contributed by atoms with Crippen molar-refractivity contribution in [1.29, 1.82) is 0 Å². The zero-order chi connectivity index (χ0) is 18.9. The average molecular weight is 385 g/mol. The van der Waals surface area contributed by atoms with Gasteiger partial charge in [-0.25, -0.2) is 8.42 Å². The second-order valence-corrected chi connectivity index (χ2v) is 9.07. The highest BCUT2D eigenvalue weighted by molar-refractivity contribution is 7.89. The van der Waals surface area contributed by atoms with Gasteiger partial charge in [0.25, 0.3) is 0 Å². The van der Waals surface area contributed by atoms with Crippen molar-refractivity contribution in [2.45, 2.75) is 49.1 Å². The van der Waals surface area contributed by atoms with Gasteiger partial charge in [-0.3, -0.25) is 9.78 Å². The lowest BCUT2D eigenvalue weighted by Crippen LogP contribution is -2.43. The van der Waals surface area contributed by atoms with Gasteiger partial charge in [-0.2, -0.15) is 4.31 Å². The van der Waals surface area contributed by atoms with E-state index < -0.39 is 10.0 Å². The molecule has 7 heteroatoms. The molecular weight excluding hydrogens is 362 g/mol. The molecule has 1 saturated carbocycles. The second-order valence-electron chi connectivity index (χ2n) is 7.18. The van der Waals surface area contributed by atoms with E-state index in [0.29, 0.717) is 0 Å². The van der Waals surface area contributed by atoms with Gasteiger partial charge in [0.05, 0.1) is 12.6 Å². The third-order valence-corrected chi connectivity index (χ3v) is 7.08. The Labute approximate surface area is 159 Å². The van der Waals surface area contributed by atoms with Gasteiger partial charge in [-0.15, -0.1) is 0 Å². The van der Waals surface area contributed by atoms with E-state index in [1.54, 1.807) is 6.07 Å². The first kappa shape index (κ1) is 18.1. The van der Waals surface area contributed by atoms with E-state index >= 15 is 0 Å². The highest BCUT2D eigenvalue weighted by Crippen LogP contribution is 2.32. The highest BCUT2D eigenvalue weighted by atomic mass is 32.2. The van der Waals surface area contributed by atoms with Gasteiger partial charge >= 0.3 is 0 Å². The molecule has 0 bridgehead atoms. The molecule has 0 radical (unpaired) electrons. The molecule has 27 heavy (non-hydrogen) atoms. The van der Waals surface area contributed by atoms with E-state index in [1.165, 1.54) is 28.3 Å². The summed E-state index contributed by atoms with van der Waals surface area (Å²) in [7, 11) is -3.72. The Balaban J connectivity index is 1.50. The Hall–Kier alpha value is -2.25. The topological polar surface area (TPSA) is 79.4 Å². The fraction of sp³-hybridized carbons (Fsp3) is 0.400. The van der Waals surface area contributed by atoms with Gasteiger partial charge in [-0.1, -0.05) is 24.3 Å². The van der Waals surface area contributed by atoms with Crippen molar-refractivity contribution >= 4 is 15.9 Å². The summed E-state index contributed by atoms with van der Waals surface area (Å²) < 4.78 is 27.2. The van der Waals surface area contributed by atoms with E-state index in [1.807, 2.05) is 18.2 Å². The Bertz CT molecular complexity index is 926. The third-order valence-electron chi connectivity index (χ3n) is 5.20. The number of benzene rings is 1. The van der Waals surface area contributed by atoms with E-state index in [-0.39, 0.29) is 29.4 Å². The fourth-order valence-electron chi connectivity index (χ4n) is 3.69. The van der Waals surface area contributed by atoms with Crippen molar-refractivity contribution in [3.63, 3.8) is 0 Å². The maximum atomic E-state index is 12.9. The molecule has 2 aromatic rings. The van der Waals surface area contributed by atoms with E-state index in [9.17, 15) is 13.2 Å². The van der Waals surface area contributed by atoms with Crippen LogP contribution in [-0.4, -0.2) is 36.2 Å². The molecule has 4 rings (SSSR count). The fourth-order valence-corrected chi connectivity index (χ4v) is 5.30. The molecule has 2 aliphatic carbocycles. The van der Waals surface area contributed by atoms with Gasteiger partial charge in [0, 0.05) is 18.4 Å². The van der Waals surface area contributed by atoms with E-state index in [2.05, 4.69) is 16.4 Å². The number of aryl methyl sites for hydroxylation is 1. The van der Waals surface area contributed by atoms with Gasteiger partial charge in [0.15, 0.2) is 0 Å². The number of nitrogens with one attached hydrogen (secondary N) is 1. The normalized spacial score (nSPS) is 19.5. The van der Waals surface area contributed by atoms with Crippen molar-refractivity contribution in [2.24, 2.45) is 0 Å². The average Bonchev–Trinajstić information content (AvgIpc) is 3.52. The number of fused-ring (bicyclic) bond motifs is 1. The van der Waals surface area contributed by atoms with Crippen LogP contribution in [0.1, 0.15) is 42.9 Å². The zero-order valence-corrected chi connectivity index (χ0v) is 15.9. The maximum Gasteiger partial charge on any atom is 0.245 e. The minimum absolute atomic E-state index is 0.0513. The largest absolute Gasteiger partial charge is 0.348 e.